The molecule has 0 radical (unpaired) electrons. The van der Waals surface area contributed by atoms with Gasteiger partial charge in [-0.3, -0.25) is 4.79 Å². The summed E-state index contributed by atoms with van der Waals surface area (Å²) in [6.07, 6.45) is 6.34. The van der Waals surface area contributed by atoms with Crippen LogP contribution in [-0.4, -0.2) is 24.0 Å². The Morgan fingerprint density at radius 3 is 2.80 bits per heavy atom. The number of pyridine rings is 1. The average Bonchev–Trinajstić information content (AvgIpc) is 2.45. The lowest BCUT2D eigenvalue weighted by Crippen LogP contribution is -2.30. The number of aromatic nitrogens is 1. The van der Waals surface area contributed by atoms with Crippen molar-refractivity contribution in [1.29, 1.82) is 0 Å². The van der Waals surface area contributed by atoms with Gasteiger partial charge in [0.25, 0.3) is 5.91 Å². The van der Waals surface area contributed by atoms with E-state index in [2.05, 4.69) is 15.6 Å². The van der Waals surface area contributed by atoms with Crippen molar-refractivity contribution in [1.82, 2.24) is 10.3 Å². The van der Waals surface area contributed by atoms with Crippen LogP contribution in [0.5, 0.6) is 0 Å². The molecule has 5 heteroatoms. The van der Waals surface area contributed by atoms with Crippen LogP contribution in [0.3, 0.4) is 0 Å². The SMILES string of the molecule is CCNc1cc(C(=O)NCC2CCCCC2)cc(Cl)n1. The molecule has 0 aliphatic heterocycles. The Hall–Kier alpha value is -1.29. The van der Waals surface area contributed by atoms with Crippen molar-refractivity contribution in [3.8, 4) is 0 Å². The molecule has 0 unspecified atom stereocenters. The second-order valence-corrected chi connectivity index (χ2v) is 5.70. The van der Waals surface area contributed by atoms with Crippen molar-refractivity contribution in [3.63, 3.8) is 0 Å². The Morgan fingerprint density at radius 1 is 1.35 bits per heavy atom. The Bertz CT molecular complexity index is 458. The second kappa shape index (κ2) is 7.48. The molecule has 1 aromatic heterocycles. The topological polar surface area (TPSA) is 54.0 Å². The Morgan fingerprint density at radius 2 is 2.10 bits per heavy atom. The maximum Gasteiger partial charge on any atom is 0.251 e. The lowest BCUT2D eigenvalue weighted by molar-refractivity contribution is 0.0943. The summed E-state index contributed by atoms with van der Waals surface area (Å²) in [5, 5.41) is 6.42. The summed E-state index contributed by atoms with van der Waals surface area (Å²) >= 11 is 5.95. The first kappa shape index (κ1) is 15.1. The van der Waals surface area contributed by atoms with Gasteiger partial charge in [0.1, 0.15) is 11.0 Å². The van der Waals surface area contributed by atoms with E-state index < -0.39 is 0 Å². The van der Waals surface area contributed by atoms with Crippen LogP contribution < -0.4 is 10.6 Å². The van der Waals surface area contributed by atoms with Crippen molar-refractivity contribution in [2.75, 3.05) is 18.4 Å². The molecule has 1 amide bonds. The van der Waals surface area contributed by atoms with E-state index in [9.17, 15) is 4.79 Å². The Labute approximate surface area is 125 Å². The van der Waals surface area contributed by atoms with Crippen molar-refractivity contribution >= 4 is 23.3 Å². The number of rotatable bonds is 5. The van der Waals surface area contributed by atoms with E-state index in [0.717, 1.165) is 13.1 Å². The summed E-state index contributed by atoms with van der Waals surface area (Å²) in [5.74, 6) is 1.19. The standard InChI is InChI=1S/C15H22ClN3O/c1-2-17-14-9-12(8-13(16)19-14)15(20)18-10-11-6-4-3-5-7-11/h8-9,11H,2-7,10H2,1H3,(H,17,19)(H,18,20). The lowest BCUT2D eigenvalue weighted by Gasteiger charge is -2.21. The summed E-state index contributed by atoms with van der Waals surface area (Å²) < 4.78 is 0. The van der Waals surface area contributed by atoms with Gasteiger partial charge in [-0.2, -0.15) is 0 Å². The summed E-state index contributed by atoms with van der Waals surface area (Å²) in [6, 6.07) is 3.35. The van der Waals surface area contributed by atoms with Crippen LogP contribution in [0, 0.1) is 5.92 Å². The van der Waals surface area contributed by atoms with Gasteiger partial charge in [-0.05, 0) is 37.8 Å². The highest BCUT2D eigenvalue weighted by molar-refractivity contribution is 6.29. The fraction of sp³-hybridized carbons (Fsp3) is 0.600. The molecule has 1 aliphatic rings. The number of nitrogens with zero attached hydrogens (tertiary/aromatic N) is 1. The fourth-order valence-corrected chi connectivity index (χ4v) is 2.84. The predicted molar refractivity (Wildman–Crippen MR) is 82.3 cm³/mol. The number of carbonyl (C=O) groups excluding carboxylic acids is 1. The molecule has 2 N–H and O–H groups in total. The van der Waals surface area contributed by atoms with Gasteiger partial charge in [0.2, 0.25) is 0 Å². The first-order valence-corrected chi connectivity index (χ1v) is 7.76. The van der Waals surface area contributed by atoms with Crippen LogP contribution >= 0.6 is 11.6 Å². The smallest absolute Gasteiger partial charge is 0.251 e. The average molecular weight is 296 g/mol. The molecule has 1 fully saturated rings. The van der Waals surface area contributed by atoms with Crippen LogP contribution in [0.2, 0.25) is 5.15 Å². The van der Waals surface area contributed by atoms with Gasteiger partial charge >= 0.3 is 0 Å². The minimum atomic E-state index is -0.0703. The van der Waals surface area contributed by atoms with Gasteiger partial charge < -0.3 is 10.6 Å². The molecule has 1 saturated carbocycles. The zero-order valence-corrected chi connectivity index (χ0v) is 12.7. The van der Waals surface area contributed by atoms with Gasteiger partial charge in [0, 0.05) is 18.7 Å². The van der Waals surface area contributed by atoms with E-state index >= 15 is 0 Å². The molecule has 0 spiro atoms. The number of hydrogen-bond donors (Lipinski definition) is 2. The third kappa shape index (κ3) is 4.37. The molecular weight excluding hydrogens is 274 g/mol. The van der Waals surface area contributed by atoms with Gasteiger partial charge in [0.15, 0.2) is 0 Å². The number of anilines is 1. The molecule has 1 aromatic rings. The van der Waals surface area contributed by atoms with Crippen LogP contribution in [0.25, 0.3) is 0 Å². The second-order valence-electron chi connectivity index (χ2n) is 5.31. The largest absolute Gasteiger partial charge is 0.370 e. The molecular formula is C15H22ClN3O. The van der Waals surface area contributed by atoms with E-state index in [0.29, 0.717) is 22.5 Å². The summed E-state index contributed by atoms with van der Waals surface area (Å²) in [7, 11) is 0. The highest BCUT2D eigenvalue weighted by Gasteiger charge is 2.15. The summed E-state index contributed by atoms with van der Waals surface area (Å²) in [5.41, 5.74) is 0.566. The first-order chi connectivity index (χ1) is 9.69. The van der Waals surface area contributed by atoms with Gasteiger partial charge in [-0.15, -0.1) is 0 Å². The Kier molecular flexibility index (Phi) is 5.65. The van der Waals surface area contributed by atoms with Crippen molar-refractivity contribution < 1.29 is 4.79 Å². The van der Waals surface area contributed by atoms with Crippen molar-refractivity contribution in [2.24, 2.45) is 5.92 Å². The van der Waals surface area contributed by atoms with Crippen LogP contribution in [0.1, 0.15) is 49.4 Å². The highest BCUT2D eigenvalue weighted by Crippen LogP contribution is 2.23. The molecule has 0 atom stereocenters. The van der Waals surface area contributed by atoms with Crippen molar-refractivity contribution in [3.05, 3.63) is 22.8 Å². The Balaban J connectivity index is 1.93. The number of carbonyl (C=O) groups is 1. The number of nitrogens with one attached hydrogen (secondary N) is 2. The molecule has 0 bridgehead atoms. The quantitative estimate of drug-likeness (QED) is 0.818. The maximum absolute atomic E-state index is 12.2. The number of halogens is 1. The van der Waals surface area contributed by atoms with E-state index in [4.69, 9.17) is 11.6 Å². The summed E-state index contributed by atoms with van der Waals surface area (Å²) in [6.45, 7) is 3.48. The lowest BCUT2D eigenvalue weighted by atomic mass is 9.89. The molecule has 1 aliphatic carbocycles. The summed E-state index contributed by atoms with van der Waals surface area (Å²) in [4.78, 5) is 16.3. The van der Waals surface area contributed by atoms with Crippen molar-refractivity contribution in [2.45, 2.75) is 39.0 Å². The van der Waals surface area contributed by atoms with Crippen LogP contribution in [-0.2, 0) is 0 Å². The van der Waals surface area contributed by atoms with Gasteiger partial charge in [-0.1, -0.05) is 30.9 Å². The fourth-order valence-electron chi connectivity index (χ4n) is 2.63. The molecule has 20 heavy (non-hydrogen) atoms. The minimum absolute atomic E-state index is 0.0703. The zero-order valence-electron chi connectivity index (χ0n) is 11.9. The van der Waals surface area contributed by atoms with E-state index in [1.54, 1.807) is 12.1 Å². The minimum Gasteiger partial charge on any atom is -0.370 e. The highest BCUT2D eigenvalue weighted by atomic mass is 35.5. The molecule has 1 heterocycles. The van der Waals surface area contributed by atoms with Gasteiger partial charge in [0.05, 0.1) is 0 Å². The molecule has 0 saturated heterocycles. The number of amides is 1. The first-order valence-electron chi connectivity index (χ1n) is 7.38. The van der Waals surface area contributed by atoms with E-state index in [1.807, 2.05) is 6.92 Å². The number of hydrogen-bond acceptors (Lipinski definition) is 3. The van der Waals surface area contributed by atoms with Crippen LogP contribution in [0.15, 0.2) is 12.1 Å². The molecule has 4 nitrogen and oxygen atoms in total. The molecule has 0 aromatic carbocycles. The third-order valence-corrected chi connectivity index (χ3v) is 3.88. The molecule has 2 rings (SSSR count). The van der Waals surface area contributed by atoms with E-state index in [1.165, 1.54) is 32.1 Å². The van der Waals surface area contributed by atoms with Crippen LogP contribution in [0.4, 0.5) is 5.82 Å². The monoisotopic (exact) mass is 295 g/mol. The van der Waals surface area contributed by atoms with Gasteiger partial charge in [-0.25, -0.2) is 4.98 Å². The normalized spacial score (nSPS) is 15.9. The zero-order chi connectivity index (χ0) is 14.4. The molecule has 110 valence electrons. The van der Waals surface area contributed by atoms with E-state index in [-0.39, 0.29) is 5.91 Å². The predicted octanol–water partition coefficient (Wildman–Crippen LogP) is 3.48. The maximum atomic E-state index is 12.2. The third-order valence-electron chi connectivity index (χ3n) is 3.69.